The number of amides is 1. The number of furan rings is 1. The molecular weight excluding hydrogens is 294 g/mol. The van der Waals surface area contributed by atoms with Crippen molar-refractivity contribution in [3.63, 3.8) is 0 Å². The molecule has 6 heteroatoms. The van der Waals surface area contributed by atoms with Crippen LogP contribution in [0.15, 0.2) is 39.7 Å². The van der Waals surface area contributed by atoms with E-state index in [4.69, 9.17) is 4.42 Å². The SMILES string of the molecule is O=C(NCCn1c(=O)[nH]c2ccccc21)c1occ2c1CCC2. The number of imidazole rings is 1. The van der Waals surface area contributed by atoms with Crippen molar-refractivity contribution in [2.24, 2.45) is 0 Å². The van der Waals surface area contributed by atoms with Gasteiger partial charge in [-0.25, -0.2) is 4.79 Å². The number of carbonyl (C=O) groups is 1. The van der Waals surface area contributed by atoms with E-state index in [1.165, 1.54) is 0 Å². The third kappa shape index (κ3) is 2.36. The second-order valence-corrected chi connectivity index (χ2v) is 5.78. The quantitative estimate of drug-likeness (QED) is 0.771. The number of H-pyrrole nitrogens is 1. The molecule has 2 N–H and O–H groups in total. The lowest BCUT2D eigenvalue weighted by Crippen LogP contribution is -2.30. The van der Waals surface area contributed by atoms with Crippen LogP contribution in [0.2, 0.25) is 0 Å². The summed E-state index contributed by atoms with van der Waals surface area (Å²) in [5.41, 5.74) is 3.65. The molecule has 1 aliphatic carbocycles. The summed E-state index contributed by atoms with van der Waals surface area (Å²) in [7, 11) is 0. The minimum atomic E-state index is -0.207. The Morgan fingerprint density at radius 1 is 1.30 bits per heavy atom. The van der Waals surface area contributed by atoms with Crippen molar-refractivity contribution in [2.75, 3.05) is 6.54 Å². The van der Waals surface area contributed by atoms with E-state index in [2.05, 4.69) is 10.3 Å². The van der Waals surface area contributed by atoms with Gasteiger partial charge in [0, 0.05) is 18.7 Å². The van der Waals surface area contributed by atoms with Crippen LogP contribution in [0.4, 0.5) is 0 Å². The average molecular weight is 311 g/mol. The minimum absolute atomic E-state index is 0.167. The van der Waals surface area contributed by atoms with Crippen molar-refractivity contribution < 1.29 is 9.21 Å². The molecule has 0 spiro atoms. The highest BCUT2D eigenvalue weighted by Crippen LogP contribution is 2.26. The second kappa shape index (κ2) is 5.46. The number of carbonyl (C=O) groups excluding carboxylic acids is 1. The van der Waals surface area contributed by atoms with Crippen LogP contribution >= 0.6 is 0 Å². The van der Waals surface area contributed by atoms with Gasteiger partial charge in [-0.05, 0) is 37.0 Å². The fraction of sp³-hybridized carbons (Fsp3) is 0.294. The summed E-state index contributed by atoms with van der Waals surface area (Å²) in [5, 5.41) is 2.84. The molecule has 2 heterocycles. The molecule has 3 aromatic rings. The van der Waals surface area contributed by atoms with Gasteiger partial charge in [0.1, 0.15) is 0 Å². The summed E-state index contributed by atoms with van der Waals surface area (Å²) in [6.07, 6.45) is 4.64. The smallest absolute Gasteiger partial charge is 0.326 e. The predicted molar refractivity (Wildman–Crippen MR) is 85.6 cm³/mol. The maximum Gasteiger partial charge on any atom is 0.326 e. The molecule has 0 radical (unpaired) electrons. The third-order valence-electron chi connectivity index (χ3n) is 4.36. The molecule has 2 aromatic heterocycles. The summed E-state index contributed by atoms with van der Waals surface area (Å²) in [4.78, 5) is 27.0. The molecule has 1 aromatic carbocycles. The molecule has 0 bridgehead atoms. The predicted octanol–water partition coefficient (Wildman–Crippen LogP) is 1.84. The number of aromatic amines is 1. The Balaban J connectivity index is 1.46. The van der Waals surface area contributed by atoms with Gasteiger partial charge in [-0.1, -0.05) is 12.1 Å². The molecule has 6 nitrogen and oxygen atoms in total. The average Bonchev–Trinajstić information content (AvgIpc) is 3.21. The van der Waals surface area contributed by atoms with Crippen LogP contribution in [0.5, 0.6) is 0 Å². The topological polar surface area (TPSA) is 80.0 Å². The zero-order chi connectivity index (χ0) is 15.8. The van der Waals surface area contributed by atoms with Gasteiger partial charge in [0.15, 0.2) is 5.76 Å². The number of fused-ring (bicyclic) bond motifs is 2. The second-order valence-electron chi connectivity index (χ2n) is 5.78. The van der Waals surface area contributed by atoms with Crippen molar-refractivity contribution in [3.05, 3.63) is 57.9 Å². The fourth-order valence-corrected chi connectivity index (χ4v) is 3.24. The zero-order valence-corrected chi connectivity index (χ0v) is 12.6. The van der Waals surface area contributed by atoms with Crippen LogP contribution in [-0.4, -0.2) is 22.0 Å². The summed E-state index contributed by atoms with van der Waals surface area (Å²) in [6, 6.07) is 7.51. The molecule has 1 aliphatic rings. The summed E-state index contributed by atoms with van der Waals surface area (Å²) in [6.45, 7) is 0.785. The van der Waals surface area contributed by atoms with Crippen LogP contribution in [0.25, 0.3) is 11.0 Å². The largest absolute Gasteiger partial charge is 0.459 e. The number of aryl methyl sites for hydroxylation is 1. The Morgan fingerprint density at radius 2 is 2.17 bits per heavy atom. The molecule has 0 unspecified atom stereocenters. The van der Waals surface area contributed by atoms with Crippen molar-refractivity contribution >= 4 is 16.9 Å². The van der Waals surface area contributed by atoms with Crippen molar-refractivity contribution in [1.29, 1.82) is 0 Å². The van der Waals surface area contributed by atoms with Gasteiger partial charge >= 0.3 is 5.69 Å². The third-order valence-corrected chi connectivity index (χ3v) is 4.36. The van der Waals surface area contributed by atoms with Gasteiger partial charge in [0.2, 0.25) is 0 Å². The number of benzene rings is 1. The van der Waals surface area contributed by atoms with Gasteiger partial charge in [-0.3, -0.25) is 9.36 Å². The van der Waals surface area contributed by atoms with Crippen molar-refractivity contribution in [2.45, 2.75) is 25.8 Å². The summed E-state index contributed by atoms with van der Waals surface area (Å²) < 4.78 is 7.02. The van der Waals surface area contributed by atoms with Gasteiger partial charge in [-0.15, -0.1) is 0 Å². The molecule has 0 atom stereocenters. The molecule has 23 heavy (non-hydrogen) atoms. The van der Waals surface area contributed by atoms with Gasteiger partial charge in [0.25, 0.3) is 5.91 Å². The molecule has 0 saturated heterocycles. The van der Waals surface area contributed by atoms with E-state index >= 15 is 0 Å². The maximum absolute atomic E-state index is 12.2. The highest BCUT2D eigenvalue weighted by atomic mass is 16.3. The van der Waals surface area contributed by atoms with Crippen LogP contribution in [0, 0.1) is 0 Å². The lowest BCUT2D eigenvalue weighted by atomic mass is 10.2. The van der Waals surface area contributed by atoms with Gasteiger partial charge in [0.05, 0.1) is 17.3 Å². The molecule has 118 valence electrons. The number of para-hydroxylation sites is 2. The van der Waals surface area contributed by atoms with Crippen molar-refractivity contribution in [3.8, 4) is 0 Å². The summed E-state index contributed by atoms with van der Waals surface area (Å²) >= 11 is 0. The molecule has 1 amide bonds. The Bertz CT molecular complexity index is 932. The monoisotopic (exact) mass is 311 g/mol. The number of nitrogens with one attached hydrogen (secondary N) is 2. The number of hydrogen-bond acceptors (Lipinski definition) is 3. The van der Waals surface area contributed by atoms with Crippen molar-refractivity contribution in [1.82, 2.24) is 14.9 Å². The summed E-state index contributed by atoms with van der Waals surface area (Å²) in [5.74, 6) is 0.213. The molecular formula is C17H17N3O3. The van der Waals surface area contributed by atoms with Gasteiger partial charge in [-0.2, -0.15) is 0 Å². The highest BCUT2D eigenvalue weighted by Gasteiger charge is 2.23. The van der Waals surface area contributed by atoms with Crippen LogP contribution in [0.3, 0.4) is 0 Å². The Morgan fingerprint density at radius 3 is 3.09 bits per heavy atom. The van der Waals surface area contributed by atoms with E-state index in [1.807, 2.05) is 24.3 Å². The van der Waals surface area contributed by atoms with E-state index in [-0.39, 0.29) is 11.6 Å². The highest BCUT2D eigenvalue weighted by molar-refractivity contribution is 5.93. The number of nitrogens with zero attached hydrogens (tertiary/aromatic N) is 1. The normalized spacial score (nSPS) is 13.4. The fourth-order valence-electron chi connectivity index (χ4n) is 3.24. The first kappa shape index (κ1) is 13.9. The standard InChI is InChI=1S/C17H17N3O3/c21-16(15-12-5-3-4-11(12)10-23-15)18-8-9-20-14-7-2-1-6-13(14)19-17(20)22/h1-2,6-7,10H,3-5,8-9H2,(H,18,21)(H,19,22). The first-order valence-electron chi connectivity index (χ1n) is 7.79. The first-order valence-corrected chi connectivity index (χ1v) is 7.79. The maximum atomic E-state index is 12.2. The molecule has 0 aliphatic heterocycles. The Kier molecular flexibility index (Phi) is 3.29. The van der Waals surface area contributed by atoms with E-state index in [0.29, 0.717) is 18.8 Å². The number of aromatic nitrogens is 2. The van der Waals surface area contributed by atoms with E-state index in [9.17, 15) is 9.59 Å². The number of rotatable bonds is 4. The molecule has 0 fully saturated rings. The molecule has 4 rings (SSSR count). The number of hydrogen-bond donors (Lipinski definition) is 2. The minimum Gasteiger partial charge on any atom is -0.459 e. The van der Waals surface area contributed by atoms with E-state index in [1.54, 1.807) is 10.8 Å². The Hall–Kier alpha value is -2.76. The van der Waals surface area contributed by atoms with E-state index < -0.39 is 0 Å². The van der Waals surface area contributed by atoms with Crippen LogP contribution < -0.4 is 11.0 Å². The zero-order valence-electron chi connectivity index (χ0n) is 12.6. The van der Waals surface area contributed by atoms with E-state index in [0.717, 1.165) is 41.4 Å². The molecule has 0 saturated carbocycles. The first-order chi connectivity index (χ1) is 11.2. The lowest BCUT2D eigenvalue weighted by Gasteiger charge is -2.06. The van der Waals surface area contributed by atoms with Crippen LogP contribution in [-0.2, 0) is 19.4 Å². The Labute approximate surface area is 132 Å². The lowest BCUT2D eigenvalue weighted by molar-refractivity contribution is 0.0923. The van der Waals surface area contributed by atoms with Gasteiger partial charge < -0.3 is 14.7 Å². The van der Waals surface area contributed by atoms with Crippen LogP contribution in [0.1, 0.15) is 28.1 Å².